The first-order valence-corrected chi connectivity index (χ1v) is 12.9. The molecule has 0 bridgehead atoms. The minimum atomic E-state index is -0.397. The fraction of sp³-hybridized carbons (Fsp3) is 0.214. The molecule has 192 valence electrons. The average Bonchev–Trinajstić information content (AvgIpc) is 3.50. The zero-order valence-corrected chi connectivity index (χ0v) is 21.3. The number of amides is 1. The number of nitrogens with one attached hydrogen (secondary N) is 3. The van der Waals surface area contributed by atoms with Crippen LogP contribution in [0.1, 0.15) is 35.0 Å². The van der Waals surface area contributed by atoms with Gasteiger partial charge < -0.3 is 21.8 Å². The summed E-state index contributed by atoms with van der Waals surface area (Å²) in [6.45, 7) is 0. The zero-order chi connectivity index (χ0) is 26.2. The largest absolute Gasteiger partial charge is 0.383 e. The molecule has 10 heteroatoms. The first kappa shape index (κ1) is 24.0. The lowest BCUT2D eigenvalue weighted by Crippen LogP contribution is -2.38. The Balaban J connectivity index is 1.29. The number of anilines is 2. The summed E-state index contributed by atoms with van der Waals surface area (Å²) >= 11 is 6.64. The van der Waals surface area contributed by atoms with Crippen LogP contribution in [0.2, 0.25) is 5.15 Å². The van der Waals surface area contributed by atoms with Crippen LogP contribution in [-0.2, 0) is 24.1 Å². The first-order valence-electron chi connectivity index (χ1n) is 12.5. The van der Waals surface area contributed by atoms with E-state index in [-0.39, 0.29) is 11.8 Å². The zero-order valence-electron chi connectivity index (χ0n) is 20.5. The molecule has 1 aliphatic rings. The van der Waals surface area contributed by atoms with Crippen molar-refractivity contribution in [3.05, 3.63) is 88.5 Å². The molecule has 9 nitrogen and oxygen atoms in total. The Morgan fingerprint density at radius 2 is 1.97 bits per heavy atom. The second-order valence-corrected chi connectivity index (χ2v) is 10.1. The summed E-state index contributed by atoms with van der Waals surface area (Å²) in [7, 11) is 0. The minimum absolute atomic E-state index is 0.0182. The number of hydrogen-bond acceptors (Lipinski definition) is 6. The summed E-state index contributed by atoms with van der Waals surface area (Å²) in [5.41, 5.74) is 17.4. The number of aromatic amines is 2. The van der Waals surface area contributed by atoms with Crippen molar-refractivity contribution in [3.63, 3.8) is 0 Å². The molecule has 2 aromatic carbocycles. The Kier molecular flexibility index (Phi) is 6.21. The topological polar surface area (TPSA) is 151 Å². The number of rotatable bonds is 6. The summed E-state index contributed by atoms with van der Waals surface area (Å²) in [5, 5.41) is 11.5. The summed E-state index contributed by atoms with van der Waals surface area (Å²) in [4.78, 5) is 25.8. The summed E-state index contributed by atoms with van der Waals surface area (Å²) in [6.07, 6.45) is 4.33. The number of imidazole rings is 1. The molecule has 0 saturated heterocycles. The molecule has 0 spiro atoms. The Hall–Kier alpha value is -4.37. The number of nitrogen functional groups attached to an aromatic ring is 2. The number of carbonyl (C=O) groups excluding carboxylic acids is 1. The van der Waals surface area contributed by atoms with E-state index in [1.807, 2.05) is 54.6 Å². The van der Waals surface area contributed by atoms with Crippen molar-refractivity contribution < 1.29 is 4.79 Å². The lowest BCUT2D eigenvalue weighted by atomic mass is 9.83. The second kappa shape index (κ2) is 9.83. The third-order valence-corrected chi connectivity index (χ3v) is 7.51. The van der Waals surface area contributed by atoms with E-state index in [2.05, 4.69) is 25.5 Å². The van der Waals surface area contributed by atoms with Crippen LogP contribution >= 0.6 is 11.6 Å². The predicted octanol–water partition coefficient (Wildman–Crippen LogP) is 4.37. The normalized spacial score (nSPS) is 15.8. The van der Waals surface area contributed by atoms with Gasteiger partial charge in [-0.05, 0) is 60.6 Å². The number of nitrogens with zero attached hydrogens (tertiary/aromatic N) is 3. The van der Waals surface area contributed by atoms with Gasteiger partial charge in [-0.1, -0.05) is 48.0 Å². The molecule has 1 unspecified atom stereocenters. The lowest BCUT2D eigenvalue weighted by Gasteiger charge is -2.26. The van der Waals surface area contributed by atoms with E-state index in [9.17, 15) is 4.79 Å². The van der Waals surface area contributed by atoms with Gasteiger partial charge in [-0.3, -0.25) is 9.89 Å². The van der Waals surface area contributed by atoms with Crippen molar-refractivity contribution in [2.24, 2.45) is 5.92 Å². The van der Waals surface area contributed by atoms with E-state index in [0.717, 1.165) is 39.6 Å². The molecule has 1 aliphatic carbocycles. The van der Waals surface area contributed by atoms with Gasteiger partial charge in [0, 0.05) is 23.1 Å². The van der Waals surface area contributed by atoms with Gasteiger partial charge >= 0.3 is 0 Å². The molecule has 0 aliphatic heterocycles. The van der Waals surface area contributed by atoms with Crippen molar-refractivity contribution in [3.8, 4) is 11.3 Å². The summed E-state index contributed by atoms with van der Waals surface area (Å²) < 4.78 is 0. The number of fused-ring (bicyclic) bond motifs is 2. The smallest absolute Gasteiger partial charge is 0.224 e. The monoisotopic (exact) mass is 526 g/mol. The number of aromatic nitrogens is 5. The number of carbonyl (C=O) groups is 1. The molecule has 3 aromatic heterocycles. The quantitative estimate of drug-likeness (QED) is 0.221. The van der Waals surface area contributed by atoms with Crippen LogP contribution in [0.3, 0.4) is 0 Å². The standard InChI is InChI=1S/C28H27ClN8O/c29-24-23(17-6-9-20-21(14-17)36-37-26(20)31)34-27(35-24)22(12-15-4-2-1-3-5-15)33-28(38)18-7-8-19-16(13-18)10-11-32-25(19)30/h1-6,9-11,14,18,22H,7-8,12-13H2,(H2,30,32)(H,33,38)(H,34,35)(H3,31,36,37)/t18-,22?/m0/s1. The maximum atomic E-state index is 13.5. The molecule has 5 aromatic rings. The van der Waals surface area contributed by atoms with Crippen molar-refractivity contribution in [2.45, 2.75) is 31.7 Å². The predicted molar refractivity (Wildman–Crippen MR) is 148 cm³/mol. The first-order chi connectivity index (χ1) is 18.5. The summed E-state index contributed by atoms with van der Waals surface area (Å²) in [5.74, 6) is 1.40. The molecule has 7 N–H and O–H groups in total. The van der Waals surface area contributed by atoms with Gasteiger partial charge in [0.15, 0.2) is 5.82 Å². The van der Waals surface area contributed by atoms with Crippen LogP contribution < -0.4 is 16.8 Å². The van der Waals surface area contributed by atoms with Gasteiger partial charge in [0.25, 0.3) is 0 Å². The minimum Gasteiger partial charge on any atom is -0.383 e. The molecule has 2 atom stereocenters. The molecule has 3 heterocycles. The van der Waals surface area contributed by atoms with E-state index < -0.39 is 6.04 Å². The van der Waals surface area contributed by atoms with Crippen molar-refractivity contribution in [2.75, 3.05) is 11.5 Å². The van der Waals surface area contributed by atoms with E-state index in [4.69, 9.17) is 28.1 Å². The number of H-pyrrole nitrogens is 2. The Bertz CT molecular complexity index is 1630. The highest BCUT2D eigenvalue weighted by Crippen LogP contribution is 2.32. The molecule has 38 heavy (non-hydrogen) atoms. The molecular formula is C28H27ClN8O. The Morgan fingerprint density at radius 1 is 1.13 bits per heavy atom. The maximum absolute atomic E-state index is 13.5. The van der Waals surface area contributed by atoms with Gasteiger partial charge in [-0.2, -0.15) is 5.10 Å². The average molecular weight is 527 g/mol. The number of benzene rings is 2. The highest BCUT2D eigenvalue weighted by atomic mass is 35.5. The third kappa shape index (κ3) is 4.56. The van der Waals surface area contributed by atoms with Crippen LogP contribution in [0.5, 0.6) is 0 Å². The molecule has 1 amide bonds. The van der Waals surface area contributed by atoms with Gasteiger partial charge in [0.2, 0.25) is 5.91 Å². The van der Waals surface area contributed by atoms with E-state index in [1.54, 1.807) is 6.20 Å². The van der Waals surface area contributed by atoms with Crippen LogP contribution in [0, 0.1) is 5.92 Å². The number of nitrogens with two attached hydrogens (primary N) is 2. The van der Waals surface area contributed by atoms with Crippen LogP contribution in [0.15, 0.2) is 60.8 Å². The van der Waals surface area contributed by atoms with Crippen molar-refractivity contribution >= 4 is 40.0 Å². The van der Waals surface area contributed by atoms with Crippen LogP contribution in [0.25, 0.3) is 22.2 Å². The van der Waals surface area contributed by atoms with Gasteiger partial charge in [-0.15, -0.1) is 0 Å². The van der Waals surface area contributed by atoms with E-state index >= 15 is 0 Å². The van der Waals surface area contributed by atoms with Gasteiger partial charge in [0.1, 0.15) is 22.5 Å². The fourth-order valence-electron chi connectivity index (χ4n) is 5.21. The highest BCUT2D eigenvalue weighted by Gasteiger charge is 2.29. The SMILES string of the molecule is Nc1nccc2c1CC[C@H](C(=O)NC(Cc1ccccc1)c1nc(-c3ccc4c(N)n[nH]c4c3)c(Cl)[nH]1)C2. The van der Waals surface area contributed by atoms with Crippen molar-refractivity contribution in [1.29, 1.82) is 0 Å². The Labute approximate surface area is 224 Å². The fourth-order valence-corrected chi connectivity index (χ4v) is 5.46. The number of halogens is 1. The molecule has 6 rings (SSSR count). The molecule has 0 radical (unpaired) electrons. The van der Waals surface area contributed by atoms with Crippen LogP contribution in [0.4, 0.5) is 11.6 Å². The number of pyridine rings is 1. The Morgan fingerprint density at radius 3 is 2.82 bits per heavy atom. The van der Waals surface area contributed by atoms with E-state index in [1.165, 1.54) is 0 Å². The lowest BCUT2D eigenvalue weighted by molar-refractivity contribution is -0.126. The van der Waals surface area contributed by atoms with Crippen LogP contribution in [-0.4, -0.2) is 31.1 Å². The third-order valence-electron chi connectivity index (χ3n) is 7.24. The van der Waals surface area contributed by atoms with E-state index in [0.29, 0.717) is 47.6 Å². The number of hydrogen-bond donors (Lipinski definition) is 5. The maximum Gasteiger partial charge on any atom is 0.224 e. The molecule has 0 fully saturated rings. The van der Waals surface area contributed by atoms with Gasteiger partial charge in [0.05, 0.1) is 11.6 Å². The van der Waals surface area contributed by atoms with Gasteiger partial charge in [-0.25, -0.2) is 9.97 Å². The summed E-state index contributed by atoms with van der Waals surface area (Å²) in [6, 6.07) is 17.3. The highest BCUT2D eigenvalue weighted by molar-refractivity contribution is 6.32. The second-order valence-electron chi connectivity index (χ2n) is 9.68. The molecular weight excluding hydrogens is 500 g/mol. The molecule has 0 saturated carbocycles. The van der Waals surface area contributed by atoms with Crippen molar-refractivity contribution in [1.82, 2.24) is 30.5 Å².